The Kier molecular flexibility index (Phi) is 12.0. The van der Waals surface area contributed by atoms with Crippen molar-refractivity contribution in [2.45, 2.75) is 65.1 Å². The largest absolute Gasteiger partial charge is 0.465 e. The van der Waals surface area contributed by atoms with Crippen LogP contribution >= 0.6 is 11.3 Å². The molecule has 0 radical (unpaired) electrons. The van der Waals surface area contributed by atoms with Gasteiger partial charge in [0.25, 0.3) is 0 Å². The van der Waals surface area contributed by atoms with Gasteiger partial charge in [-0.15, -0.1) is 11.3 Å². The van der Waals surface area contributed by atoms with E-state index >= 15 is 0 Å². The second-order valence-electron chi connectivity index (χ2n) is 11.7. The van der Waals surface area contributed by atoms with E-state index in [-0.39, 0.29) is 43.8 Å². The summed E-state index contributed by atoms with van der Waals surface area (Å²) in [6.07, 6.45) is -0.576. The maximum absolute atomic E-state index is 13.7. The number of thiazole rings is 1. The molecule has 236 valence electrons. The van der Waals surface area contributed by atoms with Crippen LogP contribution in [0, 0.1) is 12.3 Å². The van der Waals surface area contributed by atoms with Gasteiger partial charge < -0.3 is 31.1 Å². The summed E-state index contributed by atoms with van der Waals surface area (Å²) in [7, 11) is 1.76. The Morgan fingerprint density at radius 3 is 2.49 bits per heavy atom. The number of benzene rings is 1. The second-order valence-corrected chi connectivity index (χ2v) is 12.6. The first-order valence-corrected chi connectivity index (χ1v) is 15.4. The van der Waals surface area contributed by atoms with Crippen LogP contribution in [-0.2, 0) is 20.8 Å². The summed E-state index contributed by atoms with van der Waals surface area (Å²) in [5, 5.41) is 27.1. The van der Waals surface area contributed by atoms with Crippen molar-refractivity contribution < 1.29 is 29.4 Å². The highest BCUT2D eigenvalue weighted by molar-refractivity contribution is 7.13. The van der Waals surface area contributed by atoms with Crippen LogP contribution in [-0.4, -0.2) is 107 Å². The van der Waals surface area contributed by atoms with Gasteiger partial charge in [0.1, 0.15) is 6.04 Å². The molecular formula is C30H44N6O6S. The number of β-amino-alcohol motifs (C(OH)–C–C–N with tert-alkyl or cyclic N) is 1. The average Bonchev–Trinajstić information content (AvgIpc) is 3.56. The number of aliphatic hydroxyl groups is 1. The number of carbonyl (C=O) groups is 4. The zero-order chi connectivity index (χ0) is 31.7. The van der Waals surface area contributed by atoms with Crippen LogP contribution in [0.15, 0.2) is 29.8 Å². The predicted octanol–water partition coefficient (Wildman–Crippen LogP) is 1.86. The summed E-state index contributed by atoms with van der Waals surface area (Å²) < 4.78 is 0. The van der Waals surface area contributed by atoms with E-state index < -0.39 is 29.7 Å². The maximum atomic E-state index is 13.7. The van der Waals surface area contributed by atoms with E-state index in [1.54, 1.807) is 44.1 Å². The lowest BCUT2D eigenvalue weighted by Gasteiger charge is -2.36. The van der Waals surface area contributed by atoms with Gasteiger partial charge in [0.15, 0.2) is 0 Å². The number of aromatic nitrogens is 1. The summed E-state index contributed by atoms with van der Waals surface area (Å²) in [5.41, 5.74) is 3.95. The number of amides is 4. The molecule has 12 nitrogen and oxygen atoms in total. The lowest BCUT2D eigenvalue weighted by molar-refractivity contribution is -0.147. The van der Waals surface area contributed by atoms with Gasteiger partial charge in [-0.2, -0.15) is 0 Å². The van der Waals surface area contributed by atoms with Crippen LogP contribution in [0.3, 0.4) is 0 Å². The number of likely N-dealkylation sites (tertiary alicyclic amines) is 1. The Morgan fingerprint density at radius 1 is 1.16 bits per heavy atom. The number of carbonyl (C=O) groups excluding carboxylic acids is 3. The van der Waals surface area contributed by atoms with Gasteiger partial charge in [-0.25, -0.2) is 9.78 Å². The zero-order valence-electron chi connectivity index (χ0n) is 25.6. The summed E-state index contributed by atoms with van der Waals surface area (Å²) in [6.45, 7) is 8.50. The normalized spacial score (nSPS) is 17.5. The quantitative estimate of drug-likeness (QED) is 0.201. The molecule has 4 amide bonds. The molecule has 0 saturated carbocycles. The lowest BCUT2D eigenvalue weighted by atomic mass is 9.83. The SMILES string of the molecule is Cc1ncsc1-c1ccc(CCNC(=O)[C@@H]2C[C@@H](O)CN2C(=O)C(C)(C)[C@H](C)NC(=O)CN(C)CCCNC(=O)O)cc1. The minimum atomic E-state index is -1.09. The number of rotatable bonds is 14. The van der Waals surface area contributed by atoms with Crippen molar-refractivity contribution in [3.05, 3.63) is 41.0 Å². The highest BCUT2D eigenvalue weighted by Gasteiger charge is 2.46. The van der Waals surface area contributed by atoms with Gasteiger partial charge in [-0.1, -0.05) is 24.3 Å². The fourth-order valence-corrected chi connectivity index (χ4v) is 5.84. The van der Waals surface area contributed by atoms with Crippen molar-refractivity contribution in [3.8, 4) is 10.4 Å². The molecule has 1 aliphatic rings. The van der Waals surface area contributed by atoms with E-state index in [1.807, 2.05) is 36.7 Å². The molecule has 0 aliphatic carbocycles. The summed E-state index contributed by atoms with van der Waals surface area (Å²) in [5.74, 6) is -0.902. The first kappa shape index (κ1) is 33.9. The molecule has 2 heterocycles. The molecule has 3 atom stereocenters. The van der Waals surface area contributed by atoms with E-state index in [2.05, 4.69) is 20.9 Å². The molecule has 1 aromatic heterocycles. The van der Waals surface area contributed by atoms with E-state index in [4.69, 9.17) is 5.11 Å². The molecule has 5 N–H and O–H groups in total. The number of aryl methyl sites for hydroxylation is 1. The van der Waals surface area contributed by atoms with E-state index in [1.165, 1.54) is 4.90 Å². The molecule has 43 heavy (non-hydrogen) atoms. The third-order valence-electron chi connectivity index (χ3n) is 7.93. The average molecular weight is 617 g/mol. The van der Waals surface area contributed by atoms with Crippen LogP contribution < -0.4 is 16.0 Å². The van der Waals surface area contributed by atoms with Crippen molar-refractivity contribution in [3.63, 3.8) is 0 Å². The van der Waals surface area contributed by atoms with Crippen LogP contribution in [0.1, 0.15) is 44.9 Å². The van der Waals surface area contributed by atoms with E-state index in [0.29, 0.717) is 25.9 Å². The van der Waals surface area contributed by atoms with Gasteiger partial charge in [-0.05, 0) is 58.7 Å². The minimum Gasteiger partial charge on any atom is -0.465 e. The fraction of sp³-hybridized carbons (Fsp3) is 0.567. The Morgan fingerprint density at radius 2 is 1.86 bits per heavy atom. The van der Waals surface area contributed by atoms with E-state index in [0.717, 1.165) is 21.7 Å². The number of likely N-dealkylation sites (N-methyl/N-ethyl adjacent to an activating group) is 1. The Bertz CT molecular complexity index is 1270. The van der Waals surface area contributed by atoms with Crippen molar-refractivity contribution in [1.29, 1.82) is 0 Å². The van der Waals surface area contributed by atoms with E-state index in [9.17, 15) is 24.3 Å². The Balaban J connectivity index is 1.50. The molecule has 1 aromatic carbocycles. The Hall–Kier alpha value is -3.55. The van der Waals surface area contributed by atoms with Crippen molar-refractivity contribution >= 4 is 35.2 Å². The molecule has 3 rings (SSSR count). The highest BCUT2D eigenvalue weighted by atomic mass is 32.1. The Labute approximate surface area is 256 Å². The lowest BCUT2D eigenvalue weighted by Crippen LogP contribution is -2.56. The van der Waals surface area contributed by atoms with Gasteiger partial charge in [0.2, 0.25) is 17.7 Å². The summed E-state index contributed by atoms with van der Waals surface area (Å²) in [4.78, 5) is 58.7. The third kappa shape index (κ3) is 9.47. The molecule has 0 spiro atoms. The molecule has 1 saturated heterocycles. The molecule has 0 bridgehead atoms. The fourth-order valence-electron chi connectivity index (χ4n) is 5.03. The number of hydrogen-bond donors (Lipinski definition) is 5. The smallest absolute Gasteiger partial charge is 0.404 e. The molecule has 13 heteroatoms. The van der Waals surface area contributed by atoms with Crippen LogP contribution in [0.25, 0.3) is 10.4 Å². The zero-order valence-corrected chi connectivity index (χ0v) is 26.4. The first-order chi connectivity index (χ1) is 20.3. The maximum Gasteiger partial charge on any atom is 0.404 e. The standard InChI is InChI=1S/C30H44N6O6S/c1-19-26(43-18-33-19)22-9-7-21(8-10-22)11-13-31-27(39)24-15-23(37)16-36(24)28(40)30(3,4)20(2)34-25(38)17-35(5)14-6-12-32-29(41)42/h7-10,18,20,23-24,32,37H,6,11-17H2,1-5H3,(H,31,39)(H,34,38)(H,41,42)/t20-,23+,24-/m0/s1. The van der Waals surface area contributed by atoms with Gasteiger partial charge >= 0.3 is 6.09 Å². The van der Waals surface area contributed by atoms with Crippen LogP contribution in [0.2, 0.25) is 0 Å². The van der Waals surface area contributed by atoms with Gasteiger partial charge in [-0.3, -0.25) is 19.3 Å². The summed E-state index contributed by atoms with van der Waals surface area (Å²) >= 11 is 1.60. The van der Waals surface area contributed by atoms with Crippen LogP contribution in [0.4, 0.5) is 4.79 Å². The number of nitrogens with zero attached hydrogens (tertiary/aromatic N) is 3. The summed E-state index contributed by atoms with van der Waals surface area (Å²) in [6, 6.07) is 6.81. The topological polar surface area (TPSA) is 164 Å². The van der Waals surface area contributed by atoms with Gasteiger partial charge in [0.05, 0.1) is 34.1 Å². The third-order valence-corrected chi connectivity index (χ3v) is 8.91. The first-order valence-electron chi connectivity index (χ1n) is 14.5. The molecule has 1 fully saturated rings. The molecular weight excluding hydrogens is 572 g/mol. The minimum absolute atomic E-state index is 0.0482. The molecule has 0 unspecified atom stereocenters. The van der Waals surface area contributed by atoms with Crippen molar-refractivity contribution in [2.75, 3.05) is 39.8 Å². The molecule has 1 aliphatic heterocycles. The number of aliphatic hydroxyl groups excluding tert-OH is 1. The monoisotopic (exact) mass is 616 g/mol. The van der Waals surface area contributed by atoms with Gasteiger partial charge in [0, 0.05) is 38.6 Å². The number of hydrogen-bond acceptors (Lipinski definition) is 8. The number of carboxylic acid groups (broad SMARTS) is 1. The highest BCUT2D eigenvalue weighted by Crippen LogP contribution is 2.30. The number of nitrogens with one attached hydrogen (secondary N) is 3. The van der Waals surface area contributed by atoms with Crippen LogP contribution in [0.5, 0.6) is 0 Å². The molecule has 2 aromatic rings. The second kappa shape index (κ2) is 15.3. The predicted molar refractivity (Wildman–Crippen MR) is 165 cm³/mol. The van der Waals surface area contributed by atoms with Crippen molar-refractivity contribution in [1.82, 2.24) is 30.7 Å². The van der Waals surface area contributed by atoms with Crippen molar-refractivity contribution in [2.24, 2.45) is 5.41 Å².